The molecule has 2 aromatic carbocycles. The highest BCUT2D eigenvalue weighted by molar-refractivity contribution is 5.74. The number of fused-ring (bicyclic) bond motifs is 1. The first-order valence-corrected chi connectivity index (χ1v) is 9.70. The molecule has 2 aromatic heterocycles. The minimum Gasteiger partial charge on any atom is -0.497 e. The number of nitrogens with one attached hydrogen (secondary N) is 2. The number of hydrogen-bond donors (Lipinski definition) is 3. The Morgan fingerprint density at radius 2 is 1.75 bits per heavy atom. The number of allylic oxidation sites excluding steroid dienone is 1. The van der Waals surface area contributed by atoms with Crippen LogP contribution in [0.4, 0.5) is 4.39 Å². The molecule has 1 aliphatic rings. The summed E-state index contributed by atoms with van der Waals surface area (Å²) in [4.78, 5) is 0. The van der Waals surface area contributed by atoms with Gasteiger partial charge in [-0.1, -0.05) is 0 Å². The molecule has 0 bridgehead atoms. The molecule has 0 fully saturated rings. The molecule has 0 amide bonds. The maximum absolute atomic E-state index is 13.5. The van der Waals surface area contributed by atoms with Crippen molar-refractivity contribution in [1.82, 2.24) is 20.4 Å². The number of nitriles is 1. The number of benzene rings is 2. The van der Waals surface area contributed by atoms with Crippen LogP contribution in [-0.2, 0) is 0 Å². The molecule has 4 N–H and O–H groups in total. The molecule has 0 aliphatic carbocycles. The summed E-state index contributed by atoms with van der Waals surface area (Å²) in [5.41, 5.74) is 10.5. The van der Waals surface area contributed by atoms with Gasteiger partial charge in [0.15, 0.2) is 0 Å². The lowest BCUT2D eigenvalue weighted by atomic mass is 9.82. The number of nitrogens with zero attached hydrogens (tertiary/aromatic N) is 3. The van der Waals surface area contributed by atoms with Gasteiger partial charge in [-0.05, 0) is 48.5 Å². The molecule has 1 atom stereocenters. The molecule has 32 heavy (non-hydrogen) atoms. The molecule has 9 heteroatoms. The van der Waals surface area contributed by atoms with E-state index in [0.717, 1.165) is 11.1 Å². The van der Waals surface area contributed by atoms with Crippen LogP contribution < -0.4 is 15.2 Å². The monoisotopic (exact) mass is 428 g/mol. The van der Waals surface area contributed by atoms with Crippen LogP contribution in [0.25, 0.3) is 22.5 Å². The van der Waals surface area contributed by atoms with Gasteiger partial charge < -0.3 is 15.2 Å². The number of ether oxygens (including phenoxy) is 2. The SMILES string of the molecule is COc1ccc(-c2[nH]nc3c2[C@@H](c2cn[nH]c2-c2ccc(F)cc2)C(C#N)=C(N)O3)cc1. The van der Waals surface area contributed by atoms with Crippen molar-refractivity contribution >= 4 is 0 Å². The molecular weight excluding hydrogens is 411 g/mol. The van der Waals surface area contributed by atoms with Crippen molar-refractivity contribution < 1.29 is 13.9 Å². The summed E-state index contributed by atoms with van der Waals surface area (Å²) in [6, 6.07) is 15.6. The number of H-pyrrole nitrogens is 2. The van der Waals surface area contributed by atoms with Crippen molar-refractivity contribution in [1.29, 1.82) is 5.26 Å². The van der Waals surface area contributed by atoms with Gasteiger partial charge in [0, 0.05) is 16.7 Å². The third-order valence-electron chi connectivity index (χ3n) is 5.43. The number of halogens is 1. The number of rotatable bonds is 4. The van der Waals surface area contributed by atoms with Gasteiger partial charge in [-0.15, -0.1) is 5.10 Å². The largest absolute Gasteiger partial charge is 0.497 e. The van der Waals surface area contributed by atoms with Crippen molar-refractivity contribution in [2.45, 2.75) is 5.92 Å². The Morgan fingerprint density at radius 3 is 2.44 bits per heavy atom. The molecule has 0 spiro atoms. The molecule has 8 nitrogen and oxygen atoms in total. The molecule has 0 saturated heterocycles. The van der Waals surface area contributed by atoms with Gasteiger partial charge in [0.1, 0.15) is 23.2 Å². The van der Waals surface area contributed by atoms with Crippen LogP contribution >= 0.6 is 0 Å². The number of methoxy groups -OCH3 is 1. The van der Waals surface area contributed by atoms with Crippen LogP contribution in [0, 0.1) is 17.1 Å². The van der Waals surface area contributed by atoms with E-state index >= 15 is 0 Å². The topological polar surface area (TPSA) is 126 Å². The van der Waals surface area contributed by atoms with Crippen LogP contribution in [0.1, 0.15) is 17.0 Å². The second-order valence-electron chi connectivity index (χ2n) is 7.18. The van der Waals surface area contributed by atoms with Crippen LogP contribution in [0.2, 0.25) is 0 Å². The lowest BCUT2D eigenvalue weighted by molar-refractivity contribution is 0.379. The first-order valence-electron chi connectivity index (χ1n) is 9.70. The normalized spacial score (nSPS) is 15.1. The highest BCUT2D eigenvalue weighted by atomic mass is 19.1. The Bertz CT molecular complexity index is 1360. The summed E-state index contributed by atoms with van der Waals surface area (Å²) in [5.74, 6) is 0.0258. The van der Waals surface area contributed by atoms with E-state index in [1.165, 1.54) is 12.1 Å². The summed E-state index contributed by atoms with van der Waals surface area (Å²) in [6.07, 6.45) is 1.63. The summed E-state index contributed by atoms with van der Waals surface area (Å²) < 4.78 is 24.4. The lowest BCUT2D eigenvalue weighted by Gasteiger charge is -2.24. The second-order valence-corrected chi connectivity index (χ2v) is 7.18. The van der Waals surface area contributed by atoms with E-state index in [2.05, 4.69) is 26.5 Å². The first kappa shape index (κ1) is 19.4. The van der Waals surface area contributed by atoms with E-state index in [-0.39, 0.29) is 23.2 Å². The minimum atomic E-state index is -0.599. The molecule has 0 unspecified atom stereocenters. The van der Waals surface area contributed by atoms with Gasteiger partial charge in [0.2, 0.25) is 11.8 Å². The first-order chi connectivity index (χ1) is 15.6. The molecule has 4 aromatic rings. The maximum atomic E-state index is 13.5. The Morgan fingerprint density at radius 1 is 1.06 bits per heavy atom. The van der Waals surface area contributed by atoms with E-state index in [9.17, 15) is 9.65 Å². The van der Waals surface area contributed by atoms with Crippen molar-refractivity contribution in [3.63, 3.8) is 0 Å². The Kier molecular flexibility index (Phi) is 4.60. The van der Waals surface area contributed by atoms with Crippen molar-refractivity contribution in [3.05, 3.63) is 83.1 Å². The van der Waals surface area contributed by atoms with Gasteiger partial charge in [0.05, 0.1) is 36.2 Å². The zero-order valence-corrected chi connectivity index (χ0v) is 16.9. The van der Waals surface area contributed by atoms with Crippen molar-refractivity contribution in [2.24, 2.45) is 5.73 Å². The summed E-state index contributed by atoms with van der Waals surface area (Å²) >= 11 is 0. The molecule has 158 valence electrons. The molecule has 0 radical (unpaired) electrons. The summed E-state index contributed by atoms with van der Waals surface area (Å²) in [5, 5.41) is 24.4. The summed E-state index contributed by atoms with van der Waals surface area (Å²) in [7, 11) is 1.60. The Hall–Kier alpha value is -4.58. The van der Waals surface area contributed by atoms with Crippen LogP contribution in [-0.4, -0.2) is 27.5 Å². The van der Waals surface area contributed by atoms with Gasteiger partial charge in [-0.2, -0.15) is 10.4 Å². The van der Waals surface area contributed by atoms with Gasteiger partial charge in [-0.25, -0.2) is 4.39 Å². The van der Waals surface area contributed by atoms with Gasteiger partial charge >= 0.3 is 0 Å². The average molecular weight is 428 g/mol. The van der Waals surface area contributed by atoms with Crippen LogP contribution in [0.15, 0.2) is 66.2 Å². The van der Waals surface area contributed by atoms with E-state index in [0.29, 0.717) is 28.3 Å². The lowest BCUT2D eigenvalue weighted by Crippen LogP contribution is -2.21. The maximum Gasteiger partial charge on any atom is 0.244 e. The fourth-order valence-corrected chi connectivity index (χ4v) is 3.90. The highest BCUT2D eigenvalue weighted by Gasteiger charge is 2.37. The van der Waals surface area contributed by atoms with Crippen molar-refractivity contribution in [2.75, 3.05) is 7.11 Å². The fraction of sp³-hybridized carbons (Fsp3) is 0.0870. The van der Waals surface area contributed by atoms with E-state index < -0.39 is 5.92 Å². The molecule has 3 heterocycles. The second kappa shape index (κ2) is 7.59. The summed E-state index contributed by atoms with van der Waals surface area (Å²) in [6.45, 7) is 0. The predicted octanol–water partition coefficient (Wildman–Crippen LogP) is 3.83. The Labute approximate surface area is 182 Å². The molecule has 0 saturated carbocycles. The standard InChI is InChI=1S/C23H17FN6O2/c1-31-15-8-4-13(5-9-15)21-19-18(16(10-25)22(26)32-23(19)30-29-21)17-11-27-28-20(17)12-2-6-14(24)7-3-12/h2-9,11,18H,26H2,1H3,(H,27,28)(H,29,30)/t18-/m1/s1. The zero-order chi connectivity index (χ0) is 22.2. The van der Waals surface area contributed by atoms with E-state index in [1.54, 1.807) is 25.4 Å². The van der Waals surface area contributed by atoms with E-state index in [1.807, 2.05) is 24.3 Å². The molecule has 5 rings (SSSR count). The zero-order valence-electron chi connectivity index (χ0n) is 16.9. The minimum absolute atomic E-state index is 0.0240. The quantitative estimate of drug-likeness (QED) is 0.454. The van der Waals surface area contributed by atoms with Crippen LogP contribution in [0.5, 0.6) is 11.6 Å². The predicted molar refractivity (Wildman–Crippen MR) is 114 cm³/mol. The third-order valence-corrected chi connectivity index (χ3v) is 5.43. The Balaban J connectivity index is 1.70. The number of aromatic amines is 2. The number of aromatic nitrogens is 4. The smallest absolute Gasteiger partial charge is 0.244 e. The van der Waals surface area contributed by atoms with Crippen LogP contribution in [0.3, 0.4) is 0 Å². The number of hydrogen-bond acceptors (Lipinski definition) is 6. The highest BCUT2D eigenvalue weighted by Crippen LogP contribution is 2.47. The van der Waals surface area contributed by atoms with Gasteiger partial charge in [0.25, 0.3) is 0 Å². The average Bonchev–Trinajstić information content (AvgIpc) is 3.46. The molecule has 1 aliphatic heterocycles. The van der Waals surface area contributed by atoms with Crippen molar-refractivity contribution in [3.8, 4) is 40.2 Å². The fourth-order valence-electron chi connectivity index (χ4n) is 3.90. The molecular formula is C23H17FN6O2. The van der Waals surface area contributed by atoms with E-state index in [4.69, 9.17) is 15.2 Å². The third kappa shape index (κ3) is 3.06. The van der Waals surface area contributed by atoms with Gasteiger partial charge in [-0.3, -0.25) is 10.2 Å². The number of nitrogens with two attached hydrogens (primary N) is 1.